The Kier molecular flexibility index (Phi) is 2.76. The highest BCUT2D eigenvalue weighted by Gasteiger charge is 2.07. The van der Waals surface area contributed by atoms with Crippen molar-refractivity contribution in [3.8, 4) is 0 Å². The number of nitrogens with zero attached hydrogens (tertiary/aromatic N) is 1. The largest absolute Gasteiger partial charge is 0.245 e. The van der Waals surface area contributed by atoms with Gasteiger partial charge in [-0.15, -0.1) is 0 Å². The molecule has 0 N–H and O–H groups in total. The monoisotopic (exact) mass is 197 g/mol. The van der Waals surface area contributed by atoms with Crippen molar-refractivity contribution in [2.24, 2.45) is 4.36 Å². The van der Waals surface area contributed by atoms with Gasteiger partial charge < -0.3 is 0 Å². The van der Waals surface area contributed by atoms with Crippen LogP contribution in [0, 0.1) is 13.8 Å². The molecule has 2 nitrogen and oxygen atoms in total. The van der Waals surface area contributed by atoms with Gasteiger partial charge in [-0.25, -0.2) is 8.57 Å². The van der Waals surface area contributed by atoms with E-state index in [1.54, 1.807) is 13.3 Å². The molecule has 1 rings (SSSR count). The average Bonchev–Trinajstić information content (AvgIpc) is 2.09. The molecular weight excluding hydrogens is 182 g/mol. The lowest BCUT2D eigenvalue weighted by atomic mass is 10.2. The van der Waals surface area contributed by atoms with Crippen molar-refractivity contribution < 1.29 is 4.21 Å². The minimum absolute atomic E-state index is 0.856. The van der Waals surface area contributed by atoms with E-state index in [2.05, 4.69) is 4.36 Å². The number of rotatable bonds is 1. The molecule has 0 amide bonds. The number of aryl methyl sites for hydroxylation is 2. The van der Waals surface area contributed by atoms with Gasteiger partial charge in [-0.1, -0.05) is 12.1 Å². The van der Waals surface area contributed by atoms with Crippen molar-refractivity contribution in [1.82, 2.24) is 0 Å². The summed E-state index contributed by atoms with van der Waals surface area (Å²) in [6.07, 6.45) is 1.68. The molecular formula is C10H15NOS. The highest BCUT2D eigenvalue weighted by Crippen LogP contribution is 2.17. The minimum atomic E-state index is -2.18. The Hall–Kier alpha value is -0.830. The first-order valence-electron chi connectivity index (χ1n) is 4.15. The van der Waals surface area contributed by atoms with Crippen LogP contribution in [0.3, 0.4) is 0 Å². The lowest BCUT2D eigenvalue weighted by molar-refractivity contribution is 0.679. The van der Waals surface area contributed by atoms with E-state index in [-0.39, 0.29) is 0 Å². The fourth-order valence-corrected chi connectivity index (χ4v) is 2.48. The normalized spacial score (nSPS) is 15.1. The topological polar surface area (TPSA) is 29.4 Å². The second-order valence-electron chi connectivity index (χ2n) is 3.25. The van der Waals surface area contributed by atoms with Crippen LogP contribution in [-0.2, 0) is 9.73 Å². The minimum Gasteiger partial charge on any atom is -0.245 e. The van der Waals surface area contributed by atoms with E-state index in [4.69, 9.17) is 0 Å². The zero-order valence-electron chi connectivity index (χ0n) is 8.50. The second-order valence-corrected chi connectivity index (χ2v) is 5.66. The van der Waals surface area contributed by atoms with Crippen molar-refractivity contribution in [2.45, 2.75) is 18.7 Å². The summed E-state index contributed by atoms with van der Waals surface area (Å²) in [7, 11) is -0.575. The van der Waals surface area contributed by atoms with Gasteiger partial charge in [0, 0.05) is 13.3 Å². The summed E-state index contributed by atoms with van der Waals surface area (Å²) >= 11 is 0. The van der Waals surface area contributed by atoms with Gasteiger partial charge in [0.2, 0.25) is 0 Å². The summed E-state index contributed by atoms with van der Waals surface area (Å²) in [4.78, 5) is 0.856. The molecule has 0 saturated carbocycles. The summed E-state index contributed by atoms with van der Waals surface area (Å²) in [5.74, 6) is 0. The van der Waals surface area contributed by atoms with Gasteiger partial charge in [0.05, 0.1) is 14.6 Å². The van der Waals surface area contributed by atoms with E-state index in [1.165, 1.54) is 0 Å². The first kappa shape index (κ1) is 10.3. The molecule has 0 radical (unpaired) electrons. The summed E-state index contributed by atoms with van der Waals surface area (Å²) in [5.41, 5.74) is 2.17. The zero-order valence-corrected chi connectivity index (χ0v) is 9.31. The average molecular weight is 197 g/mol. The molecule has 72 valence electrons. The van der Waals surface area contributed by atoms with Crippen LogP contribution in [0.2, 0.25) is 0 Å². The summed E-state index contributed by atoms with van der Waals surface area (Å²) in [5, 5.41) is 0. The fourth-order valence-electron chi connectivity index (χ4n) is 1.21. The van der Waals surface area contributed by atoms with Crippen molar-refractivity contribution in [3.05, 3.63) is 29.3 Å². The SMILES string of the molecule is CN=[S@@](C)(=O)c1cc(C)ccc1C. The molecule has 0 fully saturated rings. The molecule has 1 atom stereocenters. The Balaban J connectivity index is 3.47. The van der Waals surface area contributed by atoms with Crippen LogP contribution in [0.4, 0.5) is 0 Å². The predicted molar refractivity (Wildman–Crippen MR) is 56.6 cm³/mol. The molecule has 0 aliphatic rings. The van der Waals surface area contributed by atoms with Crippen molar-refractivity contribution in [2.75, 3.05) is 13.3 Å². The van der Waals surface area contributed by atoms with Crippen molar-refractivity contribution in [3.63, 3.8) is 0 Å². The molecule has 3 heteroatoms. The lowest BCUT2D eigenvalue weighted by Gasteiger charge is -2.07. The molecule has 0 aliphatic carbocycles. The predicted octanol–water partition coefficient (Wildman–Crippen LogP) is 2.39. The summed E-state index contributed by atoms with van der Waals surface area (Å²) < 4.78 is 15.9. The molecule has 0 unspecified atom stereocenters. The van der Waals surface area contributed by atoms with Gasteiger partial charge in [-0.2, -0.15) is 0 Å². The molecule has 0 heterocycles. The molecule has 0 bridgehead atoms. The van der Waals surface area contributed by atoms with Crippen LogP contribution in [0.5, 0.6) is 0 Å². The number of hydrogen-bond acceptors (Lipinski definition) is 2. The number of hydrogen-bond donors (Lipinski definition) is 0. The first-order valence-corrected chi connectivity index (χ1v) is 6.07. The van der Waals surface area contributed by atoms with Crippen molar-refractivity contribution in [1.29, 1.82) is 0 Å². The molecule has 1 aromatic carbocycles. The van der Waals surface area contributed by atoms with Gasteiger partial charge >= 0.3 is 0 Å². The molecule has 0 aromatic heterocycles. The van der Waals surface area contributed by atoms with Gasteiger partial charge in [-0.05, 0) is 31.0 Å². The Morgan fingerprint density at radius 2 is 1.92 bits per heavy atom. The van der Waals surface area contributed by atoms with Crippen LogP contribution >= 0.6 is 0 Å². The van der Waals surface area contributed by atoms with Gasteiger partial charge in [0.1, 0.15) is 0 Å². The van der Waals surface area contributed by atoms with Gasteiger partial charge in [0.25, 0.3) is 0 Å². The fraction of sp³-hybridized carbons (Fsp3) is 0.400. The Bertz CT molecular complexity index is 429. The van der Waals surface area contributed by atoms with Crippen LogP contribution in [0.1, 0.15) is 11.1 Å². The van der Waals surface area contributed by atoms with E-state index in [0.29, 0.717) is 0 Å². The third-order valence-corrected chi connectivity index (χ3v) is 4.05. The molecule has 1 aromatic rings. The van der Waals surface area contributed by atoms with E-state index in [9.17, 15) is 4.21 Å². The molecule has 13 heavy (non-hydrogen) atoms. The Labute approximate surface area is 80.2 Å². The highest BCUT2D eigenvalue weighted by molar-refractivity contribution is 7.93. The van der Waals surface area contributed by atoms with Crippen LogP contribution in [0.15, 0.2) is 27.5 Å². The number of benzene rings is 1. The molecule has 0 aliphatic heterocycles. The van der Waals surface area contributed by atoms with E-state index >= 15 is 0 Å². The van der Waals surface area contributed by atoms with Gasteiger partial charge in [-0.3, -0.25) is 0 Å². The molecule has 0 spiro atoms. The Morgan fingerprint density at radius 3 is 2.46 bits per heavy atom. The van der Waals surface area contributed by atoms with Crippen LogP contribution < -0.4 is 0 Å². The lowest BCUT2D eigenvalue weighted by Crippen LogP contribution is -2.00. The Morgan fingerprint density at radius 1 is 1.31 bits per heavy atom. The van der Waals surface area contributed by atoms with E-state index < -0.39 is 9.73 Å². The van der Waals surface area contributed by atoms with E-state index in [0.717, 1.165) is 16.0 Å². The van der Waals surface area contributed by atoms with Crippen molar-refractivity contribution >= 4 is 9.73 Å². The zero-order chi connectivity index (χ0) is 10.1. The summed E-state index contributed by atoms with van der Waals surface area (Å²) in [6.45, 7) is 3.96. The molecule has 0 saturated heterocycles. The highest BCUT2D eigenvalue weighted by atomic mass is 32.2. The maximum absolute atomic E-state index is 12.0. The van der Waals surface area contributed by atoms with E-state index in [1.807, 2.05) is 32.0 Å². The van der Waals surface area contributed by atoms with Gasteiger partial charge in [0.15, 0.2) is 0 Å². The quantitative estimate of drug-likeness (QED) is 0.679. The first-order chi connectivity index (χ1) is 5.97. The maximum atomic E-state index is 12.0. The standard InChI is InChI=1S/C10H15NOS/c1-8-5-6-9(2)10(7-8)13(4,12)11-3/h5-7H,1-4H3/t13-/m0/s1. The maximum Gasteiger partial charge on any atom is 0.0723 e. The third-order valence-electron chi connectivity index (χ3n) is 2.10. The third kappa shape index (κ3) is 2.10. The smallest absolute Gasteiger partial charge is 0.0723 e. The summed E-state index contributed by atoms with van der Waals surface area (Å²) in [6, 6.07) is 5.95. The van der Waals surface area contributed by atoms with Crippen LogP contribution in [-0.4, -0.2) is 17.5 Å². The second kappa shape index (κ2) is 3.50. The van der Waals surface area contributed by atoms with Crippen LogP contribution in [0.25, 0.3) is 0 Å².